The molecule has 2 rings (SSSR count). The molecule has 5 nitrogen and oxygen atoms in total. The third kappa shape index (κ3) is 3.71. The monoisotopic (exact) mass is 452 g/mol. The zero-order valence-electron chi connectivity index (χ0n) is 11.2. The molecule has 0 aliphatic carbocycles. The summed E-state index contributed by atoms with van der Waals surface area (Å²) in [6.07, 6.45) is 0.641. The van der Waals surface area contributed by atoms with Crippen LogP contribution in [0.5, 0.6) is 11.5 Å². The van der Waals surface area contributed by atoms with Gasteiger partial charge in [0.15, 0.2) is 11.5 Å². The Morgan fingerprint density at radius 1 is 1.18 bits per heavy atom. The van der Waals surface area contributed by atoms with E-state index in [-0.39, 0.29) is 16.4 Å². The van der Waals surface area contributed by atoms with Gasteiger partial charge >= 0.3 is 10.1 Å². The third-order valence-corrected chi connectivity index (χ3v) is 4.97. The predicted molar refractivity (Wildman–Crippen MR) is 90.4 cm³/mol. The van der Waals surface area contributed by atoms with Crippen molar-refractivity contribution < 1.29 is 22.1 Å². The van der Waals surface area contributed by atoms with E-state index in [0.29, 0.717) is 20.4 Å². The number of rotatable bonds is 5. The number of methoxy groups -OCH3 is 1. The molecular weight excluding hydrogens is 443 g/mol. The summed E-state index contributed by atoms with van der Waals surface area (Å²) in [6, 6.07) is 8.50. The van der Waals surface area contributed by atoms with Gasteiger partial charge in [0.05, 0.1) is 10.7 Å². The van der Waals surface area contributed by atoms with E-state index in [0.717, 1.165) is 0 Å². The highest BCUT2D eigenvalue weighted by molar-refractivity contribution is 14.1. The number of carbonyl (C=O) groups is 1. The van der Waals surface area contributed by atoms with Crippen molar-refractivity contribution >= 4 is 50.6 Å². The third-order valence-electron chi connectivity index (χ3n) is 2.68. The average Bonchev–Trinajstić information content (AvgIpc) is 2.49. The van der Waals surface area contributed by atoms with Gasteiger partial charge in [0.25, 0.3) is 0 Å². The lowest BCUT2D eigenvalue weighted by Gasteiger charge is -2.13. The Morgan fingerprint density at radius 3 is 2.36 bits per heavy atom. The number of aldehydes is 1. The lowest BCUT2D eigenvalue weighted by molar-refractivity contribution is 0.112. The Hall–Kier alpha value is -1.32. The van der Waals surface area contributed by atoms with Crippen LogP contribution in [0, 0.1) is 3.57 Å². The van der Waals surface area contributed by atoms with Gasteiger partial charge in [-0.3, -0.25) is 4.79 Å². The van der Waals surface area contributed by atoms with Crippen LogP contribution in [0.3, 0.4) is 0 Å². The average molecular weight is 453 g/mol. The summed E-state index contributed by atoms with van der Waals surface area (Å²) < 4.78 is 35.3. The van der Waals surface area contributed by atoms with Crippen LogP contribution in [-0.4, -0.2) is 21.8 Å². The molecule has 2 aromatic carbocycles. The van der Waals surface area contributed by atoms with E-state index >= 15 is 0 Å². The second kappa shape index (κ2) is 6.84. The van der Waals surface area contributed by atoms with E-state index in [4.69, 9.17) is 20.5 Å². The molecule has 0 radical (unpaired) electrons. The molecule has 0 bridgehead atoms. The molecule has 0 unspecified atom stereocenters. The van der Waals surface area contributed by atoms with Crippen LogP contribution in [0.25, 0.3) is 0 Å². The maximum atomic E-state index is 12.3. The number of hydrogen-bond acceptors (Lipinski definition) is 5. The van der Waals surface area contributed by atoms with Gasteiger partial charge in [0.1, 0.15) is 11.2 Å². The number of halogens is 2. The molecule has 0 aliphatic heterocycles. The van der Waals surface area contributed by atoms with Gasteiger partial charge in [-0.25, -0.2) is 0 Å². The highest BCUT2D eigenvalue weighted by Crippen LogP contribution is 2.35. The Labute approximate surface area is 146 Å². The van der Waals surface area contributed by atoms with E-state index in [1.54, 1.807) is 0 Å². The molecule has 0 saturated heterocycles. The molecular formula is C14H10ClIO5S. The summed E-state index contributed by atoms with van der Waals surface area (Å²) in [5.41, 5.74) is 0.359. The summed E-state index contributed by atoms with van der Waals surface area (Å²) in [4.78, 5) is 10.8. The van der Waals surface area contributed by atoms with Gasteiger partial charge < -0.3 is 8.92 Å². The standard InChI is InChI=1S/C14H10ClIO5S/c1-20-13-7-9(8-17)6-12(16)14(13)21-22(18,19)11-4-2-10(15)3-5-11/h2-8H,1H3. The molecule has 0 aliphatic rings. The molecule has 0 atom stereocenters. The fourth-order valence-corrected chi connectivity index (χ4v) is 3.62. The highest BCUT2D eigenvalue weighted by Gasteiger charge is 2.21. The molecule has 0 amide bonds. The summed E-state index contributed by atoms with van der Waals surface area (Å²) in [5.74, 6) is 0.190. The second-order valence-corrected chi connectivity index (χ2v) is 7.29. The van der Waals surface area contributed by atoms with Gasteiger partial charge in [-0.2, -0.15) is 8.42 Å². The molecule has 0 aromatic heterocycles. The van der Waals surface area contributed by atoms with Crippen LogP contribution in [0.1, 0.15) is 10.4 Å². The van der Waals surface area contributed by atoms with Gasteiger partial charge in [-0.05, 0) is 59.0 Å². The summed E-state index contributed by atoms with van der Waals surface area (Å²) >= 11 is 7.61. The number of carbonyl (C=O) groups excluding carboxylic acids is 1. The molecule has 116 valence electrons. The smallest absolute Gasteiger partial charge is 0.339 e. The van der Waals surface area contributed by atoms with Crippen LogP contribution in [0.15, 0.2) is 41.3 Å². The van der Waals surface area contributed by atoms with Crippen molar-refractivity contribution in [3.05, 3.63) is 50.6 Å². The van der Waals surface area contributed by atoms with E-state index in [1.807, 2.05) is 22.6 Å². The molecule has 0 N–H and O–H groups in total. The van der Waals surface area contributed by atoms with Crippen molar-refractivity contribution in [2.75, 3.05) is 7.11 Å². The Bertz CT molecular complexity index is 803. The number of hydrogen-bond donors (Lipinski definition) is 0. The van der Waals surface area contributed by atoms with Gasteiger partial charge in [0, 0.05) is 10.6 Å². The Balaban J connectivity index is 2.45. The van der Waals surface area contributed by atoms with Crippen molar-refractivity contribution in [2.45, 2.75) is 4.90 Å². The Kier molecular flexibility index (Phi) is 5.30. The van der Waals surface area contributed by atoms with Crippen LogP contribution < -0.4 is 8.92 Å². The maximum Gasteiger partial charge on any atom is 0.339 e. The van der Waals surface area contributed by atoms with Crippen molar-refractivity contribution in [3.8, 4) is 11.5 Å². The molecule has 0 saturated carbocycles. The lowest BCUT2D eigenvalue weighted by atomic mass is 10.2. The minimum atomic E-state index is -4.04. The van der Waals surface area contributed by atoms with E-state index < -0.39 is 10.1 Å². The van der Waals surface area contributed by atoms with E-state index in [2.05, 4.69) is 0 Å². The number of benzene rings is 2. The van der Waals surface area contributed by atoms with E-state index in [1.165, 1.54) is 43.5 Å². The molecule has 0 heterocycles. The van der Waals surface area contributed by atoms with Crippen LogP contribution in [0.2, 0.25) is 5.02 Å². The van der Waals surface area contributed by atoms with Gasteiger partial charge in [0.2, 0.25) is 0 Å². The van der Waals surface area contributed by atoms with Crippen LogP contribution in [0.4, 0.5) is 0 Å². The van der Waals surface area contributed by atoms with Crippen molar-refractivity contribution in [1.29, 1.82) is 0 Å². The number of ether oxygens (including phenoxy) is 1. The van der Waals surface area contributed by atoms with Crippen molar-refractivity contribution in [2.24, 2.45) is 0 Å². The molecule has 0 spiro atoms. The zero-order chi connectivity index (χ0) is 16.3. The minimum absolute atomic E-state index is 0.0312. The topological polar surface area (TPSA) is 69.7 Å². The fourth-order valence-electron chi connectivity index (χ4n) is 1.65. The van der Waals surface area contributed by atoms with Gasteiger partial charge in [-0.15, -0.1) is 0 Å². The first-order chi connectivity index (χ1) is 10.4. The lowest BCUT2D eigenvalue weighted by Crippen LogP contribution is -2.11. The predicted octanol–water partition coefficient (Wildman–Crippen LogP) is 3.53. The quantitative estimate of drug-likeness (QED) is 0.394. The van der Waals surface area contributed by atoms with Crippen LogP contribution >= 0.6 is 34.2 Å². The second-order valence-electron chi connectivity index (χ2n) is 4.14. The molecule has 22 heavy (non-hydrogen) atoms. The SMILES string of the molecule is COc1cc(C=O)cc(I)c1OS(=O)(=O)c1ccc(Cl)cc1. The summed E-state index contributed by atoms with van der Waals surface area (Å²) in [7, 11) is -2.67. The Morgan fingerprint density at radius 2 is 1.82 bits per heavy atom. The maximum absolute atomic E-state index is 12.3. The first-order valence-electron chi connectivity index (χ1n) is 5.90. The highest BCUT2D eigenvalue weighted by atomic mass is 127. The first kappa shape index (κ1) is 17.0. The van der Waals surface area contributed by atoms with E-state index in [9.17, 15) is 13.2 Å². The van der Waals surface area contributed by atoms with Crippen molar-refractivity contribution in [3.63, 3.8) is 0 Å². The van der Waals surface area contributed by atoms with Crippen LogP contribution in [-0.2, 0) is 10.1 Å². The summed E-state index contributed by atoms with van der Waals surface area (Å²) in [6.45, 7) is 0. The molecule has 2 aromatic rings. The first-order valence-corrected chi connectivity index (χ1v) is 8.76. The summed E-state index contributed by atoms with van der Waals surface area (Å²) in [5, 5.41) is 0.418. The normalized spacial score (nSPS) is 11.0. The zero-order valence-corrected chi connectivity index (χ0v) is 15.0. The fraction of sp³-hybridized carbons (Fsp3) is 0.0714. The molecule has 8 heteroatoms. The largest absolute Gasteiger partial charge is 0.493 e. The van der Waals surface area contributed by atoms with Crippen molar-refractivity contribution in [1.82, 2.24) is 0 Å². The molecule has 0 fully saturated rings. The van der Waals surface area contributed by atoms with Gasteiger partial charge in [-0.1, -0.05) is 11.6 Å². The minimum Gasteiger partial charge on any atom is -0.493 e.